The minimum Gasteiger partial charge on any atom is -0.507 e. The standard InChI is InChI=1S/C14H13FO3/c1-17-10-4-6-14(18-2)12(8-10)11-5-3-9(15)7-13(11)16/h3-8,16H,1-2H3. The topological polar surface area (TPSA) is 38.7 Å². The largest absolute Gasteiger partial charge is 0.507 e. The van der Waals surface area contributed by atoms with Crippen LogP contribution < -0.4 is 9.47 Å². The van der Waals surface area contributed by atoms with Gasteiger partial charge in [-0.2, -0.15) is 0 Å². The molecule has 0 saturated carbocycles. The Labute approximate surface area is 104 Å². The van der Waals surface area contributed by atoms with E-state index >= 15 is 0 Å². The van der Waals surface area contributed by atoms with Gasteiger partial charge in [-0.15, -0.1) is 0 Å². The lowest BCUT2D eigenvalue weighted by Gasteiger charge is -2.11. The average molecular weight is 248 g/mol. The highest BCUT2D eigenvalue weighted by Crippen LogP contribution is 2.38. The third-order valence-corrected chi connectivity index (χ3v) is 2.66. The van der Waals surface area contributed by atoms with E-state index in [2.05, 4.69) is 0 Å². The first-order valence-corrected chi connectivity index (χ1v) is 5.36. The van der Waals surface area contributed by atoms with E-state index in [-0.39, 0.29) is 5.75 Å². The molecule has 1 N–H and O–H groups in total. The van der Waals surface area contributed by atoms with Gasteiger partial charge in [-0.3, -0.25) is 0 Å². The second kappa shape index (κ2) is 4.96. The number of hydrogen-bond acceptors (Lipinski definition) is 3. The third kappa shape index (κ3) is 2.22. The molecule has 0 aliphatic rings. The Morgan fingerprint density at radius 3 is 2.33 bits per heavy atom. The lowest BCUT2D eigenvalue weighted by molar-refractivity contribution is 0.404. The molecule has 0 radical (unpaired) electrons. The Morgan fingerprint density at radius 1 is 0.944 bits per heavy atom. The van der Waals surface area contributed by atoms with Crippen molar-refractivity contribution in [3.05, 3.63) is 42.2 Å². The summed E-state index contributed by atoms with van der Waals surface area (Å²) in [6.45, 7) is 0. The molecular formula is C14H13FO3. The molecule has 2 aromatic carbocycles. The molecule has 18 heavy (non-hydrogen) atoms. The van der Waals surface area contributed by atoms with E-state index in [0.717, 1.165) is 6.07 Å². The Hall–Kier alpha value is -2.23. The van der Waals surface area contributed by atoms with Crippen LogP contribution in [0.1, 0.15) is 0 Å². The van der Waals surface area contributed by atoms with Gasteiger partial charge < -0.3 is 14.6 Å². The number of rotatable bonds is 3. The van der Waals surface area contributed by atoms with Crippen molar-refractivity contribution in [1.29, 1.82) is 0 Å². The van der Waals surface area contributed by atoms with Crippen LogP contribution in [0.3, 0.4) is 0 Å². The van der Waals surface area contributed by atoms with Crippen LogP contribution >= 0.6 is 0 Å². The van der Waals surface area contributed by atoms with E-state index in [9.17, 15) is 9.50 Å². The van der Waals surface area contributed by atoms with E-state index in [4.69, 9.17) is 9.47 Å². The molecule has 0 atom stereocenters. The van der Waals surface area contributed by atoms with Gasteiger partial charge in [-0.25, -0.2) is 4.39 Å². The summed E-state index contributed by atoms with van der Waals surface area (Å²) >= 11 is 0. The molecule has 0 aromatic heterocycles. The molecule has 0 amide bonds. The summed E-state index contributed by atoms with van der Waals surface area (Å²) in [6, 6.07) is 9.07. The van der Waals surface area contributed by atoms with Crippen LogP contribution in [-0.4, -0.2) is 19.3 Å². The van der Waals surface area contributed by atoms with Gasteiger partial charge in [-0.1, -0.05) is 0 Å². The predicted octanol–water partition coefficient (Wildman–Crippen LogP) is 3.22. The number of benzene rings is 2. The quantitative estimate of drug-likeness (QED) is 0.906. The molecule has 0 fully saturated rings. The van der Waals surface area contributed by atoms with Crippen molar-refractivity contribution in [3.8, 4) is 28.4 Å². The number of aromatic hydroxyl groups is 1. The summed E-state index contributed by atoms with van der Waals surface area (Å²) < 4.78 is 23.3. The summed E-state index contributed by atoms with van der Waals surface area (Å²) in [7, 11) is 3.09. The Balaban J connectivity index is 2.60. The van der Waals surface area contributed by atoms with Crippen molar-refractivity contribution < 1.29 is 19.0 Å². The van der Waals surface area contributed by atoms with Gasteiger partial charge in [0.05, 0.1) is 14.2 Å². The second-order valence-electron chi connectivity index (χ2n) is 3.73. The van der Waals surface area contributed by atoms with E-state index in [1.54, 1.807) is 25.3 Å². The number of halogens is 1. The van der Waals surface area contributed by atoms with Crippen LogP contribution in [-0.2, 0) is 0 Å². The van der Waals surface area contributed by atoms with E-state index < -0.39 is 5.82 Å². The molecule has 0 heterocycles. The van der Waals surface area contributed by atoms with Crippen LogP contribution in [0.25, 0.3) is 11.1 Å². The zero-order valence-corrected chi connectivity index (χ0v) is 10.1. The highest BCUT2D eigenvalue weighted by atomic mass is 19.1. The summed E-state index contributed by atoms with van der Waals surface area (Å²) in [5.74, 6) is 0.590. The molecule has 0 aliphatic heterocycles. The summed E-state index contributed by atoms with van der Waals surface area (Å²) in [4.78, 5) is 0. The fourth-order valence-corrected chi connectivity index (χ4v) is 1.76. The lowest BCUT2D eigenvalue weighted by atomic mass is 10.0. The normalized spacial score (nSPS) is 10.2. The van der Waals surface area contributed by atoms with Crippen LogP contribution in [0.4, 0.5) is 4.39 Å². The van der Waals surface area contributed by atoms with E-state index in [0.29, 0.717) is 22.6 Å². The van der Waals surface area contributed by atoms with Gasteiger partial charge in [0.15, 0.2) is 0 Å². The number of ether oxygens (including phenoxy) is 2. The van der Waals surface area contributed by atoms with Crippen molar-refractivity contribution in [2.45, 2.75) is 0 Å². The van der Waals surface area contributed by atoms with Crippen molar-refractivity contribution >= 4 is 0 Å². The number of hydrogen-bond donors (Lipinski definition) is 1. The minimum absolute atomic E-state index is 0.137. The molecule has 0 bridgehead atoms. The smallest absolute Gasteiger partial charge is 0.127 e. The highest BCUT2D eigenvalue weighted by molar-refractivity contribution is 5.76. The first-order chi connectivity index (χ1) is 8.65. The fourth-order valence-electron chi connectivity index (χ4n) is 1.76. The molecule has 0 aliphatic carbocycles. The van der Waals surface area contributed by atoms with Crippen molar-refractivity contribution in [3.63, 3.8) is 0 Å². The maximum Gasteiger partial charge on any atom is 0.127 e. The van der Waals surface area contributed by atoms with Gasteiger partial charge in [0.25, 0.3) is 0 Å². The molecule has 4 heteroatoms. The zero-order chi connectivity index (χ0) is 13.1. The van der Waals surface area contributed by atoms with Gasteiger partial charge in [0.1, 0.15) is 23.1 Å². The van der Waals surface area contributed by atoms with E-state index in [1.165, 1.54) is 19.2 Å². The van der Waals surface area contributed by atoms with Crippen LogP contribution in [0.5, 0.6) is 17.2 Å². The van der Waals surface area contributed by atoms with Gasteiger partial charge in [0.2, 0.25) is 0 Å². The molecule has 0 spiro atoms. The zero-order valence-electron chi connectivity index (χ0n) is 10.1. The SMILES string of the molecule is COc1ccc(OC)c(-c2ccc(F)cc2O)c1. The molecule has 0 saturated heterocycles. The fraction of sp³-hybridized carbons (Fsp3) is 0.143. The van der Waals surface area contributed by atoms with Crippen molar-refractivity contribution in [2.24, 2.45) is 0 Å². The number of methoxy groups -OCH3 is 2. The summed E-state index contributed by atoms with van der Waals surface area (Å²) in [6.07, 6.45) is 0. The summed E-state index contributed by atoms with van der Waals surface area (Å²) in [5.41, 5.74) is 1.14. The lowest BCUT2D eigenvalue weighted by Crippen LogP contribution is -1.91. The Morgan fingerprint density at radius 2 is 1.72 bits per heavy atom. The Bertz CT molecular complexity index is 567. The summed E-state index contributed by atoms with van der Waals surface area (Å²) in [5, 5.41) is 9.79. The molecule has 2 aromatic rings. The first-order valence-electron chi connectivity index (χ1n) is 5.36. The maximum atomic E-state index is 13.0. The third-order valence-electron chi connectivity index (χ3n) is 2.66. The highest BCUT2D eigenvalue weighted by Gasteiger charge is 2.12. The monoisotopic (exact) mass is 248 g/mol. The minimum atomic E-state index is -0.488. The predicted molar refractivity (Wildman–Crippen MR) is 66.6 cm³/mol. The van der Waals surface area contributed by atoms with Gasteiger partial charge in [0, 0.05) is 17.2 Å². The Kier molecular flexibility index (Phi) is 3.37. The number of phenols is 1. The van der Waals surface area contributed by atoms with Crippen molar-refractivity contribution in [2.75, 3.05) is 14.2 Å². The molecule has 0 unspecified atom stereocenters. The maximum absolute atomic E-state index is 13.0. The van der Waals surface area contributed by atoms with Crippen LogP contribution in [0.15, 0.2) is 36.4 Å². The van der Waals surface area contributed by atoms with Gasteiger partial charge in [-0.05, 0) is 30.3 Å². The van der Waals surface area contributed by atoms with Gasteiger partial charge >= 0.3 is 0 Å². The molecule has 3 nitrogen and oxygen atoms in total. The molecule has 2 rings (SSSR count). The van der Waals surface area contributed by atoms with E-state index in [1.807, 2.05) is 0 Å². The van der Waals surface area contributed by atoms with Crippen LogP contribution in [0.2, 0.25) is 0 Å². The van der Waals surface area contributed by atoms with Crippen molar-refractivity contribution in [1.82, 2.24) is 0 Å². The average Bonchev–Trinajstić information content (AvgIpc) is 2.38. The van der Waals surface area contributed by atoms with Crippen LogP contribution in [0, 0.1) is 5.82 Å². The number of phenolic OH excluding ortho intramolecular Hbond substituents is 1. The molecule has 94 valence electrons. The second-order valence-corrected chi connectivity index (χ2v) is 3.73. The molecular weight excluding hydrogens is 235 g/mol. The first kappa shape index (κ1) is 12.2.